The number of amides is 1. The Bertz CT molecular complexity index is 1050. The van der Waals surface area contributed by atoms with E-state index in [2.05, 4.69) is 39.8 Å². The van der Waals surface area contributed by atoms with Crippen LogP contribution in [0, 0.1) is 0 Å². The van der Waals surface area contributed by atoms with E-state index in [0.29, 0.717) is 0 Å². The molecule has 13 heteroatoms. The third-order valence-corrected chi connectivity index (χ3v) is 4.63. The Balaban J connectivity index is 1.28. The molecular formula is C19H18F3N7O3. The van der Waals surface area contributed by atoms with Gasteiger partial charge in [-0.05, 0) is 25.3 Å². The minimum atomic E-state index is -4.76. The fraction of sp³-hybridized carbons (Fsp3) is 0.368. The van der Waals surface area contributed by atoms with Gasteiger partial charge < -0.3 is 14.2 Å². The first kappa shape index (κ1) is 21.5. The molecule has 168 valence electrons. The Kier molecular flexibility index (Phi) is 6.14. The molecule has 1 aliphatic heterocycles. The lowest BCUT2D eigenvalue weighted by atomic mass is 10.1. The van der Waals surface area contributed by atoms with E-state index in [1.165, 1.54) is 18.8 Å². The maximum Gasteiger partial charge on any atom is 0.471 e. The molecule has 1 aliphatic rings. The average Bonchev–Trinajstić information content (AvgIpc) is 3.30. The first-order chi connectivity index (χ1) is 15.4. The van der Waals surface area contributed by atoms with Gasteiger partial charge in [0.2, 0.25) is 11.6 Å². The molecule has 4 heterocycles. The van der Waals surface area contributed by atoms with Crippen LogP contribution in [-0.2, 0) is 17.5 Å². The van der Waals surface area contributed by atoms with Gasteiger partial charge >= 0.3 is 18.2 Å². The van der Waals surface area contributed by atoms with Crippen LogP contribution in [0.5, 0.6) is 0 Å². The number of aromatic nitrogens is 5. The Labute approximate surface area is 179 Å². The molecule has 0 spiro atoms. The van der Waals surface area contributed by atoms with Gasteiger partial charge in [-0.2, -0.15) is 18.2 Å². The van der Waals surface area contributed by atoms with Gasteiger partial charge in [0, 0.05) is 24.8 Å². The number of hydrogen-bond acceptors (Lipinski definition) is 9. The normalized spacial score (nSPS) is 14.3. The summed E-state index contributed by atoms with van der Waals surface area (Å²) in [6.07, 6.45) is 2.06. The van der Waals surface area contributed by atoms with Crippen LogP contribution in [0.4, 0.5) is 29.5 Å². The lowest BCUT2D eigenvalue weighted by Gasteiger charge is -2.27. The lowest BCUT2D eigenvalue weighted by molar-refractivity contribution is -0.159. The molecule has 1 fully saturated rings. The number of pyridine rings is 1. The number of piperidine rings is 1. The monoisotopic (exact) mass is 449 g/mol. The molecule has 0 saturated carbocycles. The first-order valence-corrected chi connectivity index (χ1v) is 9.75. The predicted octanol–water partition coefficient (Wildman–Crippen LogP) is 3.68. The third kappa shape index (κ3) is 5.28. The number of ether oxygens (including phenoxy) is 1. The fourth-order valence-corrected chi connectivity index (χ4v) is 3.05. The molecule has 0 bridgehead atoms. The summed E-state index contributed by atoms with van der Waals surface area (Å²) in [6.45, 7) is 1.99. The van der Waals surface area contributed by atoms with Gasteiger partial charge in [0.1, 0.15) is 12.4 Å². The quantitative estimate of drug-likeness (QED) is 0.622. The van der Waals surface area contributed by atoms with Crippen molar-refractivity contribution < 1.29 is 27.2 Å². The second-order valence-electron chi connectivity index (χ2n) is 6.99. The van der Waals surface area contributed by atoms with Crippen molar-refractivity contribution in [3.63, 3.8) is 0 Å². The second kappa shape index (κ2) is 9.16. The minimum Gasteiger partial charge on any atom is -0.444 e. The molecule has 3 aromatic rings. The molecule has 0 aliphatic carbocycles. The van der Waals surface area contributed by atoms with E-state index in [4.69, 9.17) is 4.74 Å². The van der Waals surface area contributed by atoms with Crippen LogP contribution >= 0.6 is 0 Å². The van der Waals surface area contributed by atoms with E-state index in [1.807, 2.05) is 12.1 Å². The van der Waals surface area contributed by atoms with Crippen molar-refractivity contribution in [1.29, 1.82) is 0 Å². The molecule has 0 unspecified atom stereocenters. The molecule has 1 N–H and O–H groups in total. The number of hydrogen-bond donors (Lipinski definition) is 1. The van der Waals surface area contributed by atoms with E-state index in [9.17, 15) is 18.0 Å². The molecule has 1 amide bonds. The van der Waals surface area contributed by atoms with E-state index in [0.717, 1.165) is 37.3 Å². The summed E-state index contributed by atoms with van der Waals surface area (Å²) in [5, 5.41) is 5.61. The van der Waals surface area contributed by atoms with Crippen molar-refractivity contribution in [2.24, 2.45) is 0 Å². The largest absolute Gasteiger partial charge is 0.471 e. The van der Waals surface area contributed by atoms with Crippen LogP contribution in [0.3, 0.4) is 0 Å². The van der Waals surface area contributed by atoms with Gasteiger partial charge in [-0.15, -0.1) is 0 Å². The average molecular weight is 449 g/mol. The van der Waals surface area contributed by atoms with Gasteiger partial charge in [0.05, 0.1) is 18.1 Å². The van der Waals surface area contributed by atoms with Gasteiger partial charge in [0.15, 0.2) is 0 Å². The number of halogens is 3. The fourth-order valence-electron chi connectivity index (χ4n) is 3.05. The summed E-state index contributed by atoms with van der Waals surface area (Å²) in [4.78, 5) is 29.5. The number of anilines is 2. The van der Waals surface area contributed by atoms with Crippen LogP contribution < -0.4 is 10.2 Å². The van der Waals surface area contributed by atoms with Crippen molar-refractivity contribution >= 4 is 17.6 Å². The molecule has 0 radical (unpaired) electrons. The number of nitrogens with one attached hydrogen (secondary N) is 1. The first-order valence-electron chi connectivity index (χ1n) is 9.75. The standard InChI is InChI=1S/C19H18F3N7O3/c20-19(21,22)17-27-16(28-32-17)15-24-9-13(10-25-15)26-18(30)31-11-12-4-5-14(23-8-12)29-6-2-1-3-7-29/h4-5,8-10H,1-3,6-7,11H2,(H,26,30). The molecule has 4 rings (SSSR count). The highest BCUT2D eigenvalue weighted by Crippen LogP contribution is 2.28. The summed E-state index contributed by atoms with van der Waals surface area (Å²) in [5.41, 5.74) is 0.905. The highest BCUT2D eigenvalue weighted by Gasteiger charge is 2.38. The Morgan fingerprint density at radius 1 is 1.06 bits per heavy atom. The van der Waals surface area contributed by atoms with Crippen LogP contribution in [0.25, 0.3) is 11.6 Å². The van der Waals surface area contributed by atoms with E-state index >= 15 is 0 Å². The van der Waals surface area contributed by atoms with Crippen LogP contribution in [-0.4, -0.2) is 44.3 Å². The molecule has 0 atom stereocenters. The number of nitrogens with zero attached hydrogens (tertiary/aromatic N) is 6. The van der Waals surface area contributed by atoms with E-state index in [1.54, 1.807) is 6.20 Å². The number of alkyl halides is 3. The summed E-state index contributed by atoms with van der Waals surface area (Å²) in [7, 11) is 0. The zero-order chi connectivity index (χ0) is 22.6. The highest BCUT2D eigenvalue weighted by molar-refractivity contribution is 5.84. The maximum atomic E-state index is 12.5. The molecule has 0 aromatic carbocycles. The molecule has 32 heavy (non-hydrogen) atoms. The van der Waals surface area contributed by atoms with Gasteiger partial charge in [-0.25, -0.2) is 19.7 Å². The SMILES string of the molecule is O=C(Nc1cnc(-c2noc(C(F)(F)F)n2)nc1)OCc1ccc(N2CCCCC2)nc1. The smallest absolute Gasteiger partial charge is 0.444 e. The zero-order valence-electron chi connectivity index (χ0n) is 16.7. The van der Waals surface area contributed by atoms with Crippen molar-refractivity contribution in [3.05, 3.63) is 42.2 Å². The van der Waals surface area contributed by atoms with Gasteiger partial charge in [-0.1, -0.05) is 11.2 Å². The van der Waals surface area contributed by atoms with Gasteiger partial charge in [-0.3, -0.25) is 5.32 Å². The zero-order valence-corrected chi connectivity index (χ0v) is 16.7. The Morgan fingerprint density at radius 2 is 1.81 bits per heavy atom. The van der Waals surface area contributed by atoms with Crippen LogP contribution in [0.15, 0.2) is 35.2 Å². The van der Waals surface area contributed by atoms with Crippen molar-refractivity contribution in [2.45, 2.75) is 32.0 Å². The maximum absolute atomic E-state index is 12.5. The highest BCUT2D eigenvalue weighted by atomic mass is 19.4. The number of carbonyl (C=O) groups excluding carboxylic acids is 1. The van der Waals surface area contributed by atoms with Crippen LogP contribution in [0.2, 0.25) is 0 Å². The van der Waals surface area contributed by atoms with E-state index in [-0.39, 0.29) is 18.1 Å². The second-order valence-corrected chi connectivity index (χ2v) is 6.99. The van der Waals surface area contributed by atoms with Gasteiger partial charge in [0.25, 0.3) is 0 Å². The van der Waals surface area contributed by atoms with E-state index < -0.39 is 24.0 Å². The van der Waals surface area contributed by atoms with Crippen molar-refractivity contribution in [1.82, 2.24) is 25.1 Å². The van der Waals surface area contributed by atoms with Crippen LogP contribution in [0.1, 0.15) is 30.7 Å². The summed E-state index contributed by atoms with van der Waals surface area (Å²) in [5.74, 6) is -1.21. The topological polar surface area (TPSA) is 119 Å². The molecule has 1 saturated heterocycles. The number of rotatable bonds is 5. The summed E-state index contributed by atoms with van der Waals surface area (Å²) >= 11 is 0. The van der Waals surface area contributed by atoms with Crippen molar-refractivity contribution in [3.8, 4) is 11.6 Å². The predicted molar refractivity (Wildman–Crippen MR) is 104 cm³/mol. The number of carbonyl (C=O) groups is 1. The summed E-state index contributed by atoms with van der Waals surface area (Å²) in [6, 6.07) is 3.75. The molecular weight excluding hydrogens is 431 g/mol. The minimum absolute atomic E-state index is 0.0150. The Morgan fingerprint density at radius 3 is 2.44 bits per heavy atom. The molecule has 3 aromatic heterocycles. The lowest BCUT2D eigenvalue weighted by Crippen LogP contribution is -2.30. The summed E-state index contributed by atoms with van der Waals surface area (Å²) < 4.78 is 46.8. The van der Waals surface area contributed by atoms with Crippen molar-refractivity contribution in [2.75, 3.05) is 23.3 Å². The molecule has 10 nitrogen and oxygen atoms in total. The Hall–Kier alpha value is -3.77. The third-order valence-electron chi connectivity index (χ3n) is 4.63.